The molecule has 1 rings (SSSR count). The van der Waals surface area contributed by atoms with Gasteiger partial charge in [0, 0.05) is 5.57 Å². The molecule has 0 bridgehead atoms. The fourth-order valence-corrected chi connectivity index (χ4v) is 2.01. The van der Waals surface area contributed by atoms with Gasteiger partial charge in [0.05, 0.1) is 6.42 Å². The molecule has 1 unspecified atom stereocenters. The van der Waals surface area contributed by atoms with Crippen LogP contribution in [0.4, 0.5) is 0 Å². The van der Waals surface area contributed by atoms with Gasteiger partial charge in [-0.15, -0.1) is 0 Å². The fraction of sp³-hybridized carbons (Fsp3) is 0.474. The van der Waals surface area contributed by atoms with E-state index in [9.17, 15) is 14.7 Å². The third kappa shape index (κ3) is 7.92. The molecule has 0 aliphatic carbocycles. The predicted molar refractivity (Wildman–Crippen MR) is 91.4 cm³/mol. The van der Waals surface area contributed by atoms with Crippen LogP contribution in [-0.4, -0.2) is 36.4 Å². The molecule has 1 atom stereocenters. The molecule has 0 saturated heterocycles. The molecule has 0 aromatic heterocycles. The summed E-state index contributed by atoms with van der Waals surface area (Å²) in [6, 6.07) is 7.83. The Bertz CT molecular complexity index is 560. The highest BCUT2D eigenvalue weighted by molar-refractivity contribution is 5.86. The van der Waals surface area contributed by atoms with Crippen LogP contribution in [0.3, 0.4) is 0 Å². The molecule has 0 radical (unpaired) electrons. The van der Waals surface area contributed by atoms with Crippen LogP contribution in [0.5, 0.6) is 0 Å². The summed E-state index contributed by atoms with van der Waals surface area (Å²) >= 11 is 0. The van der Waals surface area contributed by atoms with Crippen LogP contribution < -0.4 is 0 Å². The Balaban J connectivity index is 2.33. The predicted octanol–water partition coefficient (Wildman–Crippen LogP) is 2.45. The topological polar surface area (TPSA) is 72.8 Å². The monoisotopic (exact) mass is 334 g/mol. The zero-order chi connectivity index (χ0) is 18.1. The molecule has 0 fully saturated rings. The van der Waals surface area contributed by atoms with Crippen molar-refractivity contribution in [2.75, 3.05) is 13.2 Å². The van der Waals surface area contributed by atoms with Crippen LogP contribution >= 0.6 is 0 Å². The van der Waals surface area contributed by atoms with Crippen molar-refractivity contribution in [1.82, 2.24) is 0 Å². The van der Waals surface area contributed by atoms with Gasteiger partial charge < -0.3 is 14.6 Å². The number of carbonyl (C=O) groups excluding carboxylic acids is 2. The number of rotatable bonds is 9. The van der Waals surface area contributed by atoms with E-state index in [0.717, 1.165) is 12.0 Å². The number of ether oxygens (including phenoxy) is 2. The lowest BCUT2D eigenvalue weighted by atomic mass is 10.0. The normalized spacial score (nSPS) is 11.9. The third-order valence-corrected chi connectivity index (χ3v) is 3.21. The van der Waals surface area contributed by atoms with Crippen LogP contribution in [0.25, 0.3) is 0 Å². The summed E-state index contributed by atoms with van der Waals surface area (Å²) in [7, 11) is 0. The lowest BCUT2D eigenvalue weighted by Crippen LogP contribution is -2.26. The highest BCUT2D eigenvalue weighted by atomic mass is 16.6. The average Bonchev–Trinajstić information content (AvgIpc) is 2.51. The highest BCUT2D eigenvalue weighted by Gasteiger charge is 2.12. The van der Waals surface area contributed by atoms with Gasteiger partial charge >= 0.3 is 11.9 Å². The SMILES string of the molecule is C=C(C)C(=O)OCC(O)COC(=O)Cc1ccc(CC(C)C)cc1. The molecule has 5 heteroatoms. The van der Waals surface area contributed by atoms with E-state index in [1.807, 2.05) is 24.3 Å². The van der Waals surface area contributed by atoms with Crippen molar-refractivity contribution < 1.29 is 24.2 Å². The van der Waals surface area contributed by atoms with Crippen LogP contribution in [0.1, 0.15) is 31.9 Å². The van der Waals surface area contributed by atoms with E-state index in [0.29, 0.717) is 5.92 Å². The largest absolute Gasteiger partial charge is 0.463 e. The minimum Gasteiger partial charge on any atom is -0.463 e. The zero-order valence-electron chi connectivity index (χ0n) is 14.6. The number of aliphatic hydroxyl groups is 1. The van der Waals surface area contributed by atoms with E-state index in [4.69, 9.17) is 9.47 Å². The smallest absolute Gasteiger partial charge is 0.333 e. The van der Waals surface area contributed by atoms with Gasteiger partial charge in [-0.1, -0.05) is 44.7 Å². The number of hydrogen-bond donors (Lipinski definition) is 1. The van der Waals surface area contributed by atoms with Crippen molar-refractivity contribution in [3.8, 4) is 0 Å². The maximum absolute atomic E-state index is 11.8. The van der Waals surface area contributed by atoms with Gasteiger partial charge in [-0.3, -0.25) is 4.79 Å². The number of hydrogen-bond acceptors (Lipinski definition) is 5. The highest BCUT2D eigenvalue weighted by Crippen LogP contribution is 2.10. The molecule has 0 spiro atoms. The molecule has 1 aromatic carbocycles. The second-order valence-corrected chi connectivity index (χ2v) is 6.31. The lowest BCUT2D eigenvalue weighted by Gasteiger charge is -2.12. The first-order chi connectivity index (χ1) is 11.3. The maximum Gasteiger partial charge on any atom is 0.333 e. The first-order valence-electron chi connectivity index (χ1n) is 8.02. The standard InChI is InChI=1S/C19H26O5/c1-13(2)9-15-5-7-16(8-6-15)10-18(21)23-11-17(20)12-24-19(22)14(3)4/h5-8,13,17,20H,3,9-12H2,1-2,4H3. The molecule has 24 heavy (non-hydrogen) atoms. The summed E-state index contributed by atoms with van der Waals surface area (Å²) in [6.07, 6.45) is 0.0886. The van der Waals surface area contributed by atoms with Crippen LogP contribution in [0.15, 0.2) is 36.4 Å². The summed E-state index contributed by atoms with van der Waals surface area (Å²) in [5.41, 5.74) is 2.34. The Morgan fingerprint density at radius 3 is 2.17 bits per heavy atom. The molecule has 0 saturated carbocycles. The Kier molecular flexibility index (Phi) is 8.19. The minimum absolute atomic E-state index is 0.139. The summed E-state index contributed by atoms with van der Waals surface area (Å²) in [5.74, 6) is -0.431. The van der Waals surface area contributed by atoms with Crippen molar-refractivity contribution in [3.05, 3.63) is 47.5 Å². The van der Waals surface area contributed by atoms with Crippen LogP contribution in [-0.2, 0) is 31.9 Å². The van der Waals surface area contributed by atoms with Gasteiger partial charge in [-0.25, -0.2) is 4.79 Å². The number of carbonyl (C=O) groups is 2. The second-order valence-electron chi connectivity index (χ2n) is 6.31. The van der Waals surface area contributed by atoms with Gasteiger partial charge in [-0.2, -0.15) is 0 Å². The summed E-state index contributed by atoms with van der Waals surface area (Å²) in [6.45, 7) is 8.82. The van der Waals surface area contributed by atoms with Crippen LogP contribution in [0, 0.1) is 5.92 Å². The van der Waals surface area contributed by atoms with Crippen LogP contribution in [0.2, 0.25) is 0 Å². The van der Waals surface area contributed by atoms with Crippen molar-refractivity contribution >= 4 is 11.9 Å². The molecule has 0 heterocycles. The van der Waals surface area contributed by atoms with Crippen molar-refractivity contribution in [2.45, 2.75) is 39.7 Å². The van der Waals surface area contributed by atoms with E-state index in [-0.39, 0.29) is 25.2 Å². The third-order valence-electron chi connectivity index (χ3n) is 3.21. The molecule has 0 aliphatic heterocycles. The first-order valence-corrected chi connectivity index (χ1v) is 8.02. The zero-order valence-corrected chi connectivity index (χ0v) is 14.6. The molecule has 5 nitrogen and oxygen atoms in total. The second kappa shape index (κ2) is 9.88. The summed E-state index contributed by atoms with van der Waals surface area (Å²) < 4.78 is 9.77. The van der Waals surface area contributed by atoms with E-state index in [1.54, 1.807) is 0 Å². The van der Waals surface area contributed by atoms with Gasteiger partial charge in [0.1, 0.15) is 19.3 Å². The Labute approximate surface area is 143 Å². The molecule has 132 valence electrons. The Hall–Kier alpha value is -2.14. The number of benzene rings is 1. The molecular weight excluding hydrogens is 308 g/mol. The van der Waals surface area contributed by atoms with Crippen molar-refractivity contribution in [3.63, 3.8) is 0 Å². The Morgan fingerprint density at radius 2 is 1.62 bits per heavy atom. The van der Waals surface area contributed by atoms with E-state index in [2.05, 4.69) is 20.4 Å². The van der Waals surface area contributed by atoms with Gasteiger partial charge in [0.2, 0.25) is 0 Å². The fourth-order valence-electron chi connectivity index (χ4n) is 2.01. The van der Waals surface area contributed by atoms with Gasteiger partial charge in [0.25, 0.3) is 0 Å². The first kappa shape index (κ1) is 19.9. The van der Waals surface area contributed by atoms with Crippen molar-refractivity contribution in [1.29, 1.82) is 0 Å². The summed E-state index contributed by atoms with van der Waals surface area (Å²) in [4.78, 5) is 23.0. The van der Waals surface area contributed by atoms with E-state index in [1.165, 1.54) is 12.5 Å². The quantitative estimate of drug-likeness (QED) is 0.555. The minimum atomic E-state index is -1.05. The maximum atomic E-state index is 11.8. The average molecular weight is 334 g/mol. The number of aliphatic hydroxyl groups excluding tert-OH is 1. The molecule has 1 aromatic rings. The molecular formula is C19H26O5. The van der Waals surface area contributed by atoms with E-state index >= 15 is 0 Å². The lowest BCUT2D eigenvalue weighted by molar-refractivity contribution is -0.149. The summed E-state index contributed by atoms with van der Waals surface area (Å²) in [5, 5.41) is 9.63. The van der Waals surface area contributed by atoms with Gasteiger partial charge in [-0.05, 0) is 30.4 Å². The van der Waals surface area contributed by atoms with Crippen molar-refractivity contribution in [2.24, 2.45) is 5.92 Å². The molecule has 0 aliphatic rings. The molecule has 1 N–H and O–H groups in total. The Morgan fingerprint density at radius 1 is 1.08 bits per heavy atom. The number of esters is 2. The van der Waals surface area contributed by atoms with E-state index < -0.39 is 18.0 Å². The van der Waals surface area contributed by atoms with Gasteiger partial charge in [0.15, 0.2) is 0 Å². The molecule has 0 amide bonds.